The second-order valence-corrected chi connectivity index (χ2v) is 3.61. The van der Waals surface area contributed by atoms with Crippen LogP contribution in [-0.4, -0.2) is 50.3 Å². The molecular formula is C8H16F3N3O. The third-order valence-corrected chi connectivity index (χ3v) is 1.47. The van der Waals surface area contributed by atoms with E-state index >= 15 is 0 Å². The van der Waals surface area contributed by atoms with Crippen LogP contribution in [0.25, 0.3) is 0 Å². The Labute approximate surface area is 86.8 Å². The zero-order valence-electron chi connectivity index (χ0n) is 8.98. The fourth-order valence-corrected chi connectivity index (χ4v) is 1.05. The van der Waals surface area contributed by atoms with Crippen LogP contribution < -0.4 is 10.6 Å². The fourth-order valence-electron chi connectivity index (χ4n) is 1.05. The quantitative estimate of drug-likeness (QED) is 0.746. The van der Waals surface area contributed by atoms with Gasteiger partial charge in [0.2, 0.25) is 0 Å². The van der Waals surface area contributed by atoms with Crippen molar-refractivity contribution >= 4 is 6.03 Å². The van der Waals surface area contributed by atoms with E-state index in [1.54, 1.807) is 12.2 Å². The van der Waals surface area contributed by atoms with E-state index in [1.807, 2.05) is 19.0 Å². The maximum absolute atomic E-state index is 11.7. The fraction of sp³-hybridized carbons (Fsp3) is 0.875. The largest absolute Gasteiger partial charge is 0.405 e. The number of hydrogen-bond donors (Lipinski definition) is 2. The minimum atomic E-state index is -4.37. The van der Waals surface area contributed by atoms with Gasteiger partial charge in [-0.15, -0.1) is 0 Å². The molecule has 0 aromatic heterocycles. The van der Waals surface area contributed by atoms with Crippen LogP contribution in [0.15, 0.2) is 0 Å². The lowest BCUT2D eigenvalue weighted by Gasteiger charge is -2.18. The maximum Gasteiger partial charge on any atom is 0.405 e. The van der Waals surface area contributed by atoms with Crippen molar-refractivity contribution in [2.24, 2.45) is 0 Å². The monoisotopic (exact) mass is 227 g/mol. The number of nitrogens with zero attached hydrogens (tertiary/aromatic N) is 1. The van der Waals surface area contributed by atoms with E-state index < -0.39 is 18.8 Å². The Bertz CT molecular complexity index is 206. The van der Waals surface area contributed by atoms with Gasteiger partial charge in [-0.1, -0.05) is 0 Å². The number of carbonyl (C=O) groups is 1. The molecule has 1 atom stereocenters. The first-order valence-electron chi connectivity index (χ1n) is 4.46. The van der Waals surface area contributed by atoms with Crippen molar-refractivity contribution in [2.45, 2.75) is 19.1 Å². The van der Waals surface area contributed by atoms with Gasteiger partial charge >= 0.3 is 12.2 Å². The number of likely N-dealkylation sites (N-methyl/N-ethyl adjacent to an activating group) is 1. The van der Waals surface area contributed by atoms with Gasteiger partial charge in [-0.2, -0.15) is 13.2 Å². The van der Waals surface area contributed by atoms with E-state index in [0.717, 1.165) is 0 Å². The van der Waals surface area contributed by atoms with Gasteiger partial charge in [0.15, 0.2) is 0 Å². The Morgan fingerprint density at radius 2 is 1.93 bits per heavy atom. The van der Waals surface area contributed by atoms with Crippen molar-refractivity contribution in [2.75, 3.05) is 27.2 Å². The van der Waals surface area contributed by atoms with Crippen LogP contribution >= 0.6 is 0 Å². The number of alkyl halides is 3. The van der Waals surface area contributed by atoms with Crippen LogP contribution in [0.1, 0.15) is 6.92 Å². The molecule has 4 nitrogen and oxygen atoms in total. The summed E-state index contributed by atoms with van der Waals surface area (Å²) in [6.07, 6.45) is -4.37. The molecule has 15 heavy (non-hydrogen) atoms. The number of amides is 2. The molecule has 0 rings (SSSR count). The molecule has 0 fully saturated rings. The van der Waals surface area contributed by atoms with Crippen LogP contribution in [-0.2, 0) is 0 Å². The summed E-state index contributed by atoms with van der Waals surface area (Å²) in [4.78, 5) is 12.8. The van der Waals surface area contributed by atoms with Gasteiger partial charge in [-0.3, -0.25) is 0 Å². The zero-order chi connectivity index (χ0) is 12.1. The lowest BCUT2D eigenvalue weighted by atomic mass is 10.3. The van der Waals surface area contributed by atoms with Crippen LogP contribution in [0.5, 0.6) is 0 Å². The molecule has 0 heterocycles. The molecule has 7 heteroatoms. The lowest BCUT2D eigenvalue weighted by Crippen LogP contribution is -2.47. The second-order valence-electron chi connectivity index (χ2n) is 3.61. The van der Waals surface area contributed by atoms with Gasteiger partial charge in [0, 0.05) is 12.6 Å². The number of hydrogen-bond acceptors (Lipinski definition) is 2. The Morgan fingerprint density at radius 3 is 2.33 bits per heavy atom. The van der Waals surface area contributed by atoms with Crippen LogP contribution in [0.3, 0.4) is 0 Å². The van der Waals surface area contributed by atoms with Crippen LogP contribution in [0.4, 0.5) is 18.0 Å². The number of urea groups is 1. The minimum absolute atomic E-state index is 0.201. The standard InChI is InChI=1S/C8H16F3N3O/c1-6(4-14(2)3)13-7(15)12-5-8(9,10)11/h6H,4-5H2,1-3H3,(H2,12,13,15). The molecule has 0 aromatic rings. The summed E-state index contributed by atoms with van der Waals surface area (Å²) < 4.78 is 35.1. The highest BCUT2D eigenvalue weighted by atomic mass is 19.4. The van der Waals surface area contributed by atoms with Gasteiger partial charge in [-0.05, 0) is 21.0 Å². The predicted molar refractivity (Wildman–Crippen MR) is 50.6 cm³/mol. The van der Waals surface area contributed by atoms with E-state index in [-0.39, 0.29) is 6.04 Å². The van der Waals surface area contributed by atoms with Crippen molar-refractivity contribution in [1.29, 1.82) is 0 Å². The predicted octanol–water partition coefficient (Wildman–Crippen LogP) is 0.798. The van der Waals surface area contributed by atoms with Crippen molar-refractivity contribution in [3.63, 3.8) is 0 Å². The summed E-state index contributed by atoms with van der Waals surface area (Å²) in [5, 5.41) is 4.13. The molecule has 1 unspecified atom stereocenters. The second kappa shape index (κ2) is 5.79. The highest BCUT2D eigenvalue weighted by Crippen LogP contribution is 2.11. The van der Waals surface area contributed by atoms with Gasteiger partial charge in [0.05, 0.1) is 0 Å². The summed E-state index contributed by atoms with van der Waals surface area (Å²) in [6, 6.07) is -1.00. The molecule has 0 radical (unpaired) electrons. The van der Waals surface area contributed by atoms with Crippen LogP contribution in [0, 0.1) is 0 Å². The van der Waals surface area contributed by atoms with Crippen LogP contribution in [0.2, 0.25) is 0 Å². The lowest BCUT2D eigenvalue weighted by molar-refractivity contribution is -0.122. The average molecular weight is 227 g/mol. The van der Waals surface area contributed by atoms with E-state index in [1.165, 1.54) is 0 Å². The molecule has 0 saturated carbocycles. The van der Waals surface area contributed by atoms with Gasteiger partial charge < -0.3 is 15.5 Å². The number of halogens is 3. The van der Waals surface area contributed by atoms with E-state index in [4.69, 9.17) is 0 Å². The Kier molecular flexibility index (Phi) is 5.41. The third-order valence-electron chi connectivity index (χ3n) is 1.47. The number of carbonyl (C=O) groups excluding carboxylic acids is 1. The van der Waals surface area contributed by atoms with Gasteiger partial charge in [-0.25, -0.2) is 4.79 Å². The zero-order valence-corrected chi connectivity index (χ0v) is 8.98. The summed E-state index contributed by atoms with van der Waals surface area (Å²) in [7, 11) is 3.62. The molecule has 0 aromatic carbocycles. The van der Waals surface area contributed by atoms with Crippen molar-refractivity contribution in [3.05, 3.63) is 0 Å². The van der Waals surface area contributed by atoms with Crippen molar-refractivity contribution in [3.8, 4) is 0 Å². The summed E-state index contributed by atoms with van der Waals surface area (Å²) >= 11 is 0. The molecular weight excluding hydrogens is 211 g/mol. The molecule has 0 saturated heterocycles. The molecule has 0 spiro atoms. The maximum atomic E-state index is 11.7. The van der Waals surface area contributed by atoms with E-state index in [9.17, 15) is 18.0 Å². The molecule has 2 amide bonds. The smallest absolute Gasteiger partial charge is 0.334 e. The first kappa shape index (κ1) is 14.0. The van der Waals surface area contributed by atoms with Crippen molar-refractivity contribution < 1.29 is 18.0 Å². The Hall–Kier alpha value is -0.980. The first-order valence-corrected chi connectivity index (χ1v) is 4.46. The SMILES string of the molecule is CC(CN(C)C)NC(=O)NCC(F)(F)F. The highest BCUT2D eigenvalue weighted by molar-refractivity contribution is 5.74. The minimum Gasteiger partial charge on any atom is -0.334 e. The molecule has 2 N–H and O–H groups in total. The molecule has 0 aliphatic rings. The van der Waals surface area contributed by atoms with Gasteiger partial charge in [0.1, 0.15) is 6.54 Å². The van der Waals surface area contributed by atoms with E-state index in [0.29, 0.717) is 6.54 Å². The topological polar surface area (TPSA) is 44.4 Å². The molecule has 90 valence electrons. The third kappa shape index (κ3) is 9.33. The normalized spacial score (nSPS) is 13.8. The molecule has 0 aliphatic heterocycles. The highest BCUT2D eigenvalue weighted by Gasteiger charge is 2.27. The first-order chi connectivity index (χ1) is 6.70. The summed E-state index contributed by atoms with van der Waals surface area (Å²) in [5.74, 6) is 0. The summed E-state index contributed by atoms with van der Waals surface area (Å²) in [5.41, 5.74) is 0. The molecule has 0 aliphatic carbocycles. The number of rotatable bonds is 4. The molecule has 0 bridgehead atoms. The number of nitrogens with one attached hydrogen (secondary N) is 2. The summed E-state index contributed by atoms with van der Waals surface area (Å²) in [6.45, 7) is 0.972. The van der Waals surface area contributed by atoms with E-state index in [2.05, 4.69) is 5.32 Å². The average Bonchev–Trinajstić information content (AvgIpc) is 1.97. The van der Waals surface area contributed by atoms with Crippen molar-refractivity contribution in [1.82, 2.24) is 15.5 Å². The Morgan fingerprint density at radius 1 is 1.40 bits per heavy atom. The van der Waals surface area contributed by atoms with Gasteiger partial charge in [0.25, 0.3) is 0 Å². The Balaban J connectivity index is 3.74.